The predicted octanol–water partition coefficient (Wildman–Crippen LogP) is 3.18. The third-order valence-corrected chi connectivity index (χ3v) is 3.43. The first-order valence-corrected chi connectivity index (χ1v) is 7.01. The number of aliphatic hydroxyl groups excluding tert-OH is 1. The van der Waals surface area contributed by atoms with Crippen LogP contribution >= 0.6 is 0 Å². The highest BCUT2D eigenvalue weighted by molar-refractivity contribution is 5.29. The molecular formula is C17H20FNO2. The molecule has 2 rings (SSSR count). The van der Waals surface area contributed by atoms with Crippen molar-refractivity contribution < 1.29 is 14.2 Å². The molecule has 4 heteroatoms. The second kappa shape index (κ2) is 7.20. The number of aliphatic hydroxyl groups is 1. The molecule has 0 saturated carbocycles. The number of hydrogen-bond donors (Lipinski definition) is 2. The number of ether oxygens (including phenoxy) is 1. The van der Waals surface area contributed by atoms with E-state index in [-0.39, 0.29) is 24.6 Å². The van der Waals surface area contributed by atoms with Crippen LogP contribution < -0.4 is 10.5 Å². The molecule has 0 aromatic heterocycles. The fourth-order valence-corrected chi connectivity index (χ4v) is 2.09. The van der Waals surface area contributed by atoms with E-state index in [0.29, 0.717) is 5.75 Å². The van der Waals surface area contributed by atoms with Crippen molar-refractivity contribution in [2.75, 3.05) is 0 Å². The molecule has 112 valence electrons. The SMILES string of the molecule is CCC(N)C(Oc1ccc(CO)cc1)c1ccc(F)cc1. The molecule has 2 unspecified atom stereocenters. The van der Waals surface area contributed by atoms with Crippen LogP contribution in [0.15, 0.2) is 48.5 Å². The summed E-state index contributed by atoms with van der Waals surface area (Å²) >= 11 is 0. The number of benzene rings is 2. The zero-order valence-corrected chi connectivity index (χ0v) is 12.0. The van der Waals surface area contributed by atoms with Crippen molar-refractivity contribution in [2.24, 2.45) is 5.73 Å². The van der Waals surface area contributed by atoms with Crippen LogP contribution in [0.1, 0.15) is 30.6 Å². The number of nitrogens with two attached hydrogens (primary N) is 1. The van der Waals surface area contributed by atoms with E-state index in [0.717, 1.165) is 17.5 Å². The van der Waals surface area contributed by atoms with Crippen LogP contribution in [0, 0.1) is 5.82 Å². The molecule has 0 fully saturated rings. The Morgan fingerprint density at radius 1 is 1.10 bits per heavy atom. The normalized spacial score (nSPS) is 13.7. The maximum atomic E-state index is 13.0. The summed E-state index contributed by atoms with van der Waals surface area (Å²) in [6.45, 7) is 1.98. The summed E-state index contributed by atoms with van der Waals surface area (Å²) in [6.07, 6.45) is 0.409. The second-order valence-corrected chi connectivity index (χ2v) is 4.96. The van der Waals surface area contributed by atoms with E-state index in [2.05, 4.69) is 0 Å². The van der Waals surface area contributed by atoms with E-state index in [1.165, 1.54) is 12.1 Å². The van der Waals surface area contributed by atoms with Crippen molar-refractivity contribution in [3.8, 4) is 5.75 Å². The molecular weight excluding hydrogens is 269 g/mol. The van der Waals surface area contributed by atoms with Gasteiger partial charge < -0.3 is 15.6 Å². The average molecular weight is 289 g/mol. The van der Waals surface area contributed by atoms with Gasteiger partial charge in [0.05, 0.1) is 6.61 Å². The van der Waals surface area contributed by atoms with Gasteiger partial charge in [0.15, 0.2) is 0 Å². The van der Waals surface area contributed by atoms with Gasteiger partial charge in [-0.2, -0.15) is 0 Å². The number of rotatable bonds is 6. The quantitative estimate of drug-likeness (QED) is 0.858. The lowest BCUT2D eigenvalue weighted by Crippen LogP contribution is -2.31. The minimum atomic E-state index is -0.337. The fourth-order valence-electron chi connectivity index (χ4n) is 2.09. The lowest BCUT2D eigenvalue weighted by atomic mass is 10.0. The second-order valence-electron chi connectivity index (χ2n) is 4.96. The fraction of sp³-hybridized carbons (Fsp3) is 0.294. The Kier molecular flexibility index (Phi) is 5.31. The first kappa shape index (κ1) is 15.5. The Hall–Kier alpha value is -1.91. The molecule has 2 aromatic carbocycles. The summed E-state index contributed by atoms with van der Waals surface area (Å²) < 4.78 is 19.0. The standard InChI is InChI=1S/C17H20FNO2/c1-2-16(19)17(13-5-7-14(18)8-6-13)21-15-9-3-12(11-20)4-10-15/h3-10,16-17,20H,2,11,19H2,1H3. The average Bonchev–Trinajstić information content (AvgIpc) is 2.53. The third kappa shape index (κ3) is 4.03. The zero-order chi connectivity index (χ0) is 15.2. The minimum absolute atomic E-state index is 0.00382. The molecule has 0 aliphatic rings. The number of hydrogen-bond acceptors (Lipinski definition) is 3. The van der Waals surface area contributed by atoms with Gasteiger partial charge in [-0.05, 0) is 41.8 Å². The van der Waals surface area contributed by atoms with Crippen LogP contribution in [0.3, 0.4) is 0 Å². The molecule has 0 radical (unpaired) electrons. The molecule has 0 aliphatic carbocycles. The van der Waals surface area contributed by atoms with Crippen LogP contribution in [0.5, 0.6) is 5.75 Å². The molecule has 0 aliphatic heterocycles. The van der Waals surface area contributed by atoms with Crippen LogP contribution in [0.25, 0.3) is 0 Å². The van der Waals surface area contributed by atoms with E-state index in [9.17, 15) is 4.39 Å². The maximum absolute atomic E-state index is 13.0. The van der Waals surface area contributed by atoms with Gasteiger partial charge in [-0.1, -0.05) is 31.2 Å². The smallest absolute Gasteiger partial charge is 0.139 e. The van der Waals surface area contributed by atoms with E-state index in [1.54, 1.807) is 36.4 Å². The first-order valence-electron chi connectivity index (χ1n) is 7.01. The summed E-state index contributed by atoms with van der Waals surface area (Å²) in [4.78, 5) is 0. The molecule has 0 amide bonds. The highest BCUT2D eigenvalue weighted by Gasteiger charge is 2.20. The van der Waals surface area contributed by atoms with E-state index in [1.807, 2.05) is 6.92 Å². The van der Waals surface area contributed by atoms with Gasteiger partial charge in [-0.25, -0.2) is 4.39 Å². The Labute approximate surface area is 124 Å². The Morgan fingerprint density at radius 3 is 2.24 bits per heavy atom. The predicted molar refractivity (Wildman–Crippen MR) is 80.4 cm³/mol. The number of halogens is 1. The molecule has 3 nitrogen and oxygen atoms in total. The summed E-state index contributed by atoms with van der Waals surface area (Å²) in [6, 6.07) is 13.2. The lowest BCUT2D eigenvalue weighted by molar-refractivity contribution is 0.171. The molecule has 0 spiro atoms. The van der Waals surface area contributed by atoms with Gasteiger partial charge in [0.25, 0.3) is 0 Å². The van der Waals surface area contributed by atoms with Gasteiger partial charge in [0.2, 0.25) is 0 Å². The van der Waals surface area contributed by atoms with Crippen molar-refractivity contribution in [3.63, 3.8) is 0 Å². The van der Waals surface area contributed by atoms with Crippen LogP contribution in [-0.4, -0.2) is 11.1 Å². The first-order chi connectivity index (χ1) is 10.1. The van der Waals surface area contributed by atoms with E-state index in [4.69, 9.17) is 15.6 Å². The highest BCUT2D eigenvalue weighted by Crippen LogP contribution is 2.26. The maximum Gasteiger partial charge on any atom is 0.139 e. The van der Waals surface area contributed by atoms with Crippen molar-refractivity contribution in [1.82, 2.24) is 0 Å². The van der Waals surface area contributed by atoms with Crippen molar-refractivity contribution in [2.45, 2.75) is 32.1 Å². The summed E-state index contributed by atoms with van der Waals surface area (Å²) in [5.41, 5.74) is 7.80. The highest BCUT2D eigenvalue weighted by atomic mass is 19.1. The molecule has 0 heterocycles. The van der Waals surface area contributed by atoms with Gasteiger partial charge in [0, 0.05) is 6.04 Å². The molecule has 0 saturated heterocycles. The van der Waals surface area contributed by atoms with E-state index < -0.39 is 0 Å². The van der Waals surface area contributed by atoms with Crippen LogP contribution in [0.4, 0.5) is 4.39 Å². The van der Waals surface area contributed by atoms with Crippen LogP contribution in [0.2, 0.25) is 0 Å². The summed E-state index contributed by atoms with van der Waals surface area (Å²) in [5.74, 6) is 0.389. The molecule has 21 heavy (non-hydrogen) atoms. The largest absolute Gasteiger partial charge is 0.484 e. The Morgan fingerprint density at radius 2 is 1.71 bits per heavy atom. The topological polar surface area (TPSA) is 55.5 Å². The van der Waals surface area contributed by atoms with Gasteiger partial charge in [-0.3, -0.25) is 0 Å². The van der Waals surface area contributed by atoms with Crippen molar-refractivity contribution >= 4 is 0 Å². The third-order valence-electron chi connectivity index (χ3n) is 3.43. The lowest BCUT2D eigenvalue weighted by Gasteiger charge is -2.25. The van der Waals surface area contributed by atoms with Crippen LogP contribution in [-0.2, 0) is 6.61 Å². The monoisotopic (exact) mass is 289 g/mol. The van der Waals surface area contributed by atoms with Gasteiger partial charge in [0.1, 0.15) is 17.7 Å². The Balaban J connectivity index is 2.21. The van der Waals surface area contributed by atoms with Crippen molar-refractivity contribution in [3.05, 3.63) is 65.5 Å². The van der Waals surface area contributed by atoms with E-state index >= 15 is 0 Å². The minimum Gasteiger partial charge on any atom is -0.484 e. The summed E-state index contributed by atoms with van der Waals surface area (Å²) in [7, 11) is 0. The molecule has 2 aromatic rings. The van der Waals surface area contributed by atoms with Crippen molar-refractivity contribution in [1.29, 1.82) is 0 Å². The molecule has 3 N–H and O–H groups in total. The molecule has 2 atom stereocenters. The van der Waals surface area contributed by atoms with Gasteiger partial charge >= 0.3 is 0 Å². The Bertz CT molecular complexity index is 554. The molecule has 0 bridgehead atoms. The zero-order valence-electron chi connectivity index (χ0n) is 12.0. The summed E-state index contributed by atoms with van der Waals surface area (Å²) in [5, 5.41) is 9.04. The van der Waals surface area contributed by atoms with Gasteiger partial charge in [-0.15, -0.1) is 0 Å².